The Hall–Kier alpha value is -1.42. The second kappa shape index (κ2) is 3.98. The van der Waals surface area contributed by atoms with Gasteiger partial charge in [-0.1, -0.05) is 12.1 Å². The number of hydrogen-bond donors (Lipinski definition) is 2. The van der Waals surface area contributed by atoms with Gasteiger partial charge in [0.05, 0.1) is 11.5 Å². The maximum atomic E-state index is 12.6. The first kappa shape index (κ1) is 11.7. The Morgan fingerprint density at radius 2 is 1.87 bits per heavy atom. The van der Waals surface area contributed by atoms with E-state index in [0.29, 0.717) is 5.56 Å². The van der Waals surface area contributed by atoms with Crippen LogP contribution in [0.2, 0.25) is 0 Å². The highest BCUT2D eigenvalue weighted by atomic mass is 19.1. The van der Waals surface area contributed by atoms with Crippen LogP contribution < -0.4 is 0 Å². The number of carboxylic acid groups (broad SMARTS) is 1. The molecular formula is C11H13FO3. The second-order valence-corrected chi connectivity index (χ2v) is 3.71. The summed E-state index contributed by atoms with van der Waals surface area (Å²) < 4.78 is 12.6. The zero-order chi connectivity index (χ0) is 11.6. The molecule has 1 aromatic rings. The average Bonchev–Trinajstić information content (AvgIpc) is 2.17. The molecule has 1 rings (SSSR count). The molecule has 3 nitrogen and oxygen atoms in total. The third-order valence-corrected chi connectivity index (χ3v) is 2.64. The standard InChI is InChI=1S/C11H13FO3/c1-7(10(13)14)11(2,15)8-3-5-9(12)6-4-8/h3-7,15H,1-2H3,(H,13,14). The number of aliphatic carboxylic acids is 1. The lowest BCUT2D eigenvalue weighted by atomic mass is 9.84. The Morgan fingerprint density at radius 3 is 2.27 bits per heavy atom. The van der Waals surface area contributed by atoms with Crippen LogP contribution in [0.15, 0.2) is 24.3 Å². The zero-order valence-electron chi connectivity index (χ0n) is 8.57. The Labute approximate surface area is 87.2 Å². The van der Waals surface area contributed by atoms with Gasteiger partial charge in [0.2, 0.25) is 0 Å². The van der Waals surface area contributed by atoms with Crippen molar-refractivity contribution < 1.29 is 19.4 Å². The van der Waals surface area contributed by atoms with E-state index in [2.05, 4.69) is 0 Å². The van der Waals surface area contributed by atoms with Crippen LogP contribution in [0.3, 0.4) is 0 Å². The van der Waals surface area contributed by atoms with Gasteiger partial charge in [0.25, 0.3) is 0 Å². The highest BCUT2D eigenvalue weighted by Gasteiger charge is 2.35. The predicted octanol–water partition coefficient (Wildman–Crippen LogP) is 1.75. The molecule has 2 unspecified atom stereocenters. The molecule has 2 N–H and O–H groups in total. The molecule has 0 bridgehead atoms. The average molecular weight is 212 g/mol. The van der Waals surface area contributed by atoms with Crippen molar-refractivity contribution >= 4 is 5.97 Å². The van der Waals surface area contributed by atoms with Gasteiger partial charge in [0, 0.05) is 0 Å². The summed E-state index contributed by atoms with van der Waals surface area (Å²) in [7, 11) is 0. The molecule has 15 heavy (non-hydrogen) atoms. The molecule has 0 aliphatic carbocycles. The molecule has 1 aromatic carbocycles. The minimum atomic E-state index is -1.50. The van der Waals surface area contributed by atoms with E-state index in [4.69, 9.17) is 5.11 Å². The summed E-state index contributed by atoms with van der Waals surface area (Å²) in [5, 5.41) is 18.8. The van der Waals surface area contributed by atoms with Crippen molar-refractivity contribution in [2.75, 3.05) is 0 Å². The third kappa shape index (κ3) is 2.33. The normalized spacial score (nSPS) is 16.8. The molecule has 0 saturated carbocycles. The highest BCUT2D eigenvalue weighted by Crippen LogP contribution is 2.29. The van der Waals surface area contributed by atoms with Crippen molar-refractivity contribution in [1.82, 2.24) is 0 Å². The number of benzene rings is 1. The molecular weight excluding hydrogens is 199 g/mol. The van der Waals surface area contributed by atoms with Crippen molar-refractivity contribution in [3.8, 4) is 0 Å². The minimum Gasteiger partial charge on any atom is -0.481 e. The van der Waals surface area contributed by atoms with Crippen LogP contribution >= 0.6 is 0 Å². The van der Waals surface area contributed by atoms with E-state index in [9.17, 15) is 14.3 Å². The number of carbonyl (C=O) groups is 1. The lowest BCUT2D eigenvalue weighted by molar-refractivity contribution is -0.150. The van der Waals surface area contributed by atoms with Crippen molar-refractivity contribution in [3.63, 3.8) is 0 Å². The van der Waals surface area contributed by atoms with Crippen LogP contribution in [0.25, 0.3) is 0 Å². The van der Waals surface area contributed by atoms with Crippen molar-refractivity contribution in [1.29, 1.82) is 0 Å². The molecule has 2 atom stereocenters. The number of rotatable bonds is 3. The summed E-state index contributed by atoms with van der Waals surface area (Å²) in [4.78, 5) is 10.8. The molecule has 82 valence electrons. The summed E-state index contributed by atoms with van der Waals surface area (Å²) in [5.74, 6) is -2.47. The van der Waals surface area contributed by atoms with Crippen LogP contribution in [0.4, 0.5) is 4.39 Å². The summed E-state index contributed by atoms with van der Waals surface area (Å²) >= 11 is 0. The van der Waals surface area contributed by atoms with Gasteiger partial charge in [-0.2, -0.15) is 0 Å². The molecule has 0 heterocycles. The number of halogens is 1. The van der Waals surface area contributed by atoms with E-state index in [1.807, 2.05) is 0 Å². The van der Waals surface area contributed by atoms with E-state index in [1.54, 1.807) is 0 Å². The number of carboxylic acids is 1. The van der Waals surface area contributed by atoms with Crippen LogP contribution in [0.1, 0.15) is 19.4 Å². The van der Waals surface area contributed by atoms with Gasteiger partial charge in [-0.15, -0.1) is 0 Å². The van der Waals surface area contributed by atoms with Gasteiger partial charge in [0.1, 0.15) is 5.82 Å². The third-order valence-electron chi connectivity index (χ3n) is 2.64. The maximum absolute atomic E-state index is 12.6. The molecule has 0 saturated heterocycles. The summed E-state index contributed by atoms with van der Waals surface area (Å²) in [6.07, 6.45) is 0. The number of hydrogen-bond acceptors (Lipinski definition) is 2. The van der Waals surface area contributed by atoms with Crippen molar-refractivity contribution in [3.05, 3.63) is 35.6 Å². The van der Waals surface area contributed by atoms with E-state index >= 15 is 0 Å². The maximum Gasteiger partial charge on any atom is 0.309 e. The Kier molecular flexibility index (Phi) is 3.09. The molecule has 0 aliphatic heterocycles. The van der Waals surface area contributed by atoms with E-state index in [-0.39, 0.29) is 0 Å². The zero-order valence-corrected chi connectivity index (χ0v) is 8.57. The lowest BCUT2D eigenvalue weighted by Gasteiger charge is -2.27. The quantitative estimate of drug-likeness (QED) is 0.802. The number of aliphatic hydroxyl groups is 1. The first-order valence-electron chi connectivity index (χ1n) is 4.57. The topological polar surface area (TPSA) is 57.5 Å². The van der Waals surface area contributed by atoms with Gasteiger partial charge in [0.15, 0.2) is 0 Å². The van der Waals surface area contributed by atoms with Gasteiger partial charge in [-0.05, 0) is 31.5 Å². The van der Waals surface area contributed by atoms with Crippen LogP contribution in [0, 0.1) is 11.7 Å². The molecule has 0 aromatic heterocycles. The van der Waals surface area contributed by atoms with Gasteiger partial charge >= 0.3 is 5.97 Å². The smallest absolute Gasteiger partial charge is 0.309 e. The van der Waals surface area contributed by atoms with Gasteiger partial charge < -0.3 is 10.2 Å². The Bertz CT molecular complexity index is 357. The predicted molar refractivity (Wildman–Crippen MR) is 52.8 cm³/mol. The van der Waals surface area contributed by atoms with Crippen LogP contribution in [-0.4, -0.2) is 16.2 Å². The van der Waals surface area contributed by atoms with Gasteiger partial charge in [-0.3, -0.25) is 4.79 Å². The lowest BCUT2D eigenvalue weighted by Crippen LogP contribution is -2.35. The van der Waals surface area contributed by atoms with Gasteiger partial charge in [-0.25, -0.2) is 4.39 Å². The SMILES string of the molecule is CC(C(=O)O)C(C)(O)c1ccc(F)cc1. The van der Waals surface area contributed by atoms with Crippen molar-refractivity contribution in [2.45, 2.75) is 19.4 Å². The molecule has 0 spiro atoms. The molecule has 0 aliphatic rings. The van der Waals surface area contributed by atoms with E-state index < -0.39 is 23.3 Å². The minimum absolute atomic E-state index is 0.388. The fourth-order valence-electron chi connectivity index (χ4n) is 1.28. The van der Waals surface area contributed by atoms with Crippen LogP contribution in [-0.2, 0) is 10.4 Å². The Morgan fingerprint density at radius 1 is 1.40 bits per heavy atom. The van der Waals surface area contributed by atoms with E-state index in [0.717, 1.165) is 0 Å². The summed E-state index contributed by atoms with van der Waals surface area (Å²) in [6.45, 7) is 2.81. The first-order valence-corrected chi connectivity index (χ1v) is 4.57. The molecule has 4 heteroatoms. The largest absolute Gasteiger partial charge is 0.481 e. The molecule has 0 fully saturated rings. The Balaban J connectivity index is 3.05. The fourth-order valence-corrected chi connectivity index (χ4v) is 1.28. The monoisotopic (exact) mass is 212 g/mol. The first-order chi connectivity index (χ1) is 6.85. The highest BCUT2D eigenvalue weighted by molar-refractivity contribution is 5.71. The molecule has 0 amide bonds. The second-order valence-electron chi connectivity index (χ2n) is 3.71. The van der Waals surface area contributed by atoms with Crippen molar-refractivity contribution in [2.24, 2.45) is 5.92 Å². The summed E-state index contributed by atoms with van der Waals surface area (Å²) in [6, 6.07) is 5.15. The van der Waals surface area contributed by atoms with Crippen LogP contribution in [0.5, 0.6) is 0 Å². The fraction of sp³-hybridized carbons (Fsp3) is 0.364. The van der Waals surface area contributed by atoms with E-state index in [1.165, 1.54) is 38.1 Å². The molecule has 0 radical (unpaired) electrons. The summed E-state index contributed by atoms with van der Waals surface area (Å²) in [5.41, 5.74) is -1.11.